The molecule has 0 saturated carbocycles. The van der Waals surface area contributed by atoms with Crippen molar-refractivity contribution in [2.45, 2.75) is 39.7 Å². The van der Waals surface area contributed by atoms with Crippen molar-refractivity contribution >= 4 is 0 Å². The lowest BCUT2D eigenvalue weighted by atomic mass is 10.0. The predicted octanol–water partition coefficient (Wildman–Crippen LogP) is 2.04. The molecule has 0 aliphatic heterocycles. The van der Waals surface area contributed by atoms with Crippen molar-refractivity contribution in [2.75, 3.05) is 20.3 Å². The van der Waals surface area contributed by atoms with Gasteiger partial charge in [-0.1, -0.05) is 0 Å². The fourth-order valence-electron chi connectivity index (χ4n) is 1.97. The van der Waals surface area contributed by atoms with Gasteiger partial charge in [0.05, 0.1) is 13.2 Å². The maximum atomic E-state index is 9.93. The molecule has 1 N–H and O–H groups in total. The fraction of sp³-hybridized carbons (Fsp3) is 0.643. The van der Waals surface area contributed by atoms with Crippen LogP contribution in [0.4, 0.5) is 0 Å². The number of aliphatic hydroxyl groups excluding tert-OH is 1. The van der Waals surface area contributed by atoms with Crippen LogP contribution in [-0.4, -0.2) is 36.5 Å². The van der Waals surface area contributed by atoms with E-state index in [9.17, 15) is 5.11 Å². The van der Waals surface area contributed by atoms with E-state index in [1.807, 2.05) is 20.8 Å². The number of aliphatic hydroxyl groups is 1. The van der Waals surface area contributed by atoms with Crippen molar-refractivity contribution in [3.05, 3.63) is 23.0 Å². The Morgan fingerprint density at radius 1 is 1.39 bits per heavy atom. The molecule has 0 bridgehead atoms. The number of methoxy groups -OCH3 is 1. The first-order chi connectivity index (χ1) is 8.60. The summed E-state index contributed by atoms with van der Waals surface area (Å²) >= 11 is 0. The van der Waals surface area contributed by atoms with Crippen molar-refractivity contribution in [1.29, 1.82) is 0 Å². The molecule has 0 spiro atoms. The second kappa shape index (κ2) is 7.34. The Balaban J connectivity index is 2.67. The molecular weight excluding hydrogens is 230 g/mol. The van der Waals surface area contributed by atoms with Gasteiger partial charge in [-0.05, 0) is 27.2 Å². The standard InChI is InChI=1S/C14H23NO3/c1-5-18-7-6-12(16)8-13-11(3)14(17-4)10(2)9-15-13/h9,12,16H,5-8H2,1-4H3. The lowest BCUT2D eigenvalue weighted by Gasteiger charge is -2.15. The van der Waals surface area contributed by atoms with E-state index in [2.05, 4.69) is 4.98 Å². The molecule has 1 atom stereocenters. The molecule has 0 amide bonds. The summed E-state index contributed by atoms with van der Waals surface area (Å²) in [6.07, 6.45) is 2.53. The van der Waals surface area contributed by atoms with Crippen LogP contribution < -0.4 is 4.74 Å². The third-order valence-electron chi connectivity index (χ3n) is 2.98. The summed E-state index contributed by atoms with van der Waals surface area (Å²) in [5, 5.41) is 9.93. The van der Waals surface area contributed by atoms with Crippen LogP contribution in [0, 0.1) is 13.8 Å². The van der Waals surface area contributed by atoms with Crippen molar-refractivity contribution < 1.29 is 14.6 Å². The number of hydrogen-bond acceptors (Lipinski definition) is 4. The first kappa shape index (κ1) is 14.9. The van der Waals surface area contributed by atoms with Crippen LogP contribution >= 0.6 is 0 Å². The molecule has 0 aliphatic carbocycles. The van der Waals surface area contributed by atoms with E-state index in [4.69, 9.17) is 9.47 Å². The van der Waals surface area contributed by atoms with Gasteiger partial charge >= 0.3 is 0 Å². The molecule has 1 unspecified atom stereocenters. The fourth-order valence-corrected chi connectivity index (χ4v) is 1.97. The van der Waals surface area contributed by atoms with Gasteiger partial charge < -0.3 is 14.6 Å². The highest BCUT2D eigenvalue weighted by molar-refractivity contribution is 5.41. The number of aromatic nitrogens is 1. The molecule has 0 aromatic carbocycles. The number of aryl methyl sites for hydroxylation is 1. The van der Waals surface area contributed by atoms with Gasteiger partial charge in [0.2, 0.25) is 0 Å². The average molecular weight is 253 g/mol. The second-order valence-corrected chi connectivity index (χ2v) is 4.39. The maximum Gasteiger partial charge on any atom is 0.128 e. The number of rotatable bonds is 7. The summed E-state index contributed by atoms with van der Waals surface area (Å²) in [5.74, 6) is 0.858. The van der Waals surface area contributed by atoms with Crippen LogP contribution in [-0.2, 0) is 11.2 Å². The van der Waals surface area contributed by atoms with Crippen molar-refractivity contribution in [3.8, 4) is 5.75 Å². The third-order valence-corrected chi connectivity index (χ3v) is 2.98. The van der Waals surface area contributed by atoms with Gasteiger partial charge in [-0.2, -0.15) is 0 Å². The number of hydrogen-bond donors (Lipinski definition) is 1. The molecule has 4 nitrogen and oxygen atoms in total. The highest BCUT2D eigenvalue weighted by atomic mass is 16.5. The Hall–Kier alpha value is -1.13. The van der Waals surface area contributed by atoms with Crippen molar-refractivity contribution in [1.82, 2.24) is 4.98 Å². The largest absolute Gasteiger partial charge is 0.496 e. The summed E-state index contributed by atoms with van der Waals surface area (Å²) in [6.45, 7) is 7.16. The van der Waals surface area contributed by atoms with Crippen LogP contribution in [0.15, 0.2) is 6.20 Å². The molecule has 4 heteroatoms. The first-order valence-corrected chi connectivity index (χ1v) is 6.35. The van der Waals surface area contributed by atoms with Gasteiger partial charge in [0.15, 0.2) is 0 Å². The molecule has 1 aromatic heterocycles. The van der Waals surface area contributed by atoms with Crippen molar-refractivity contribution in [2.24, 2.45) is 0 Å². The zero-order valence-corrected chi connectivity index (χ0v) is 11.7. The molecular formula is C14H23NO3. The van der Waals surface area contributed by atoms with Crippen LogP contribution in [0.2, 0.25) is 0 Å². The number of ether oxygens (including phenoxy) is 2. The normalized spacial score (nSPS) is 12.5. The molecule has 0 radical (unpaired) electrons. The van der Waals surface area contributed by atoms with E-state index in [0.717, 1.165) is 22.6 Å². The smallest absolute Gasteiger partial charge is 0.128 e. The van der Waals surface area contributed by atoms with Gasteiger partial charge in [-0.25, -0.2) is 0 Å². The van der Waals surface area contributed by atoms with Gasteiger partial charge in [0.1, 0.15) is 5.75 Å². The molecule has 1 heterocycles. The van der Waals surface area contributed by atoms with Crippen LogP contribution in [0.3, 0.4) is 0 Å². The summed E-state index contributed by atoms with van der Waals surface area (Å²) in [5.41, 5.74) is 2.91. The Morgan fingerprint density at radius 2 is 2.11 bits per heavy atom. The van der Waals surface area contributed by atoms with E-state index in [1.54, 1.807) is 13.3 Å². The van der Waals surface area contributed by atoms with Crippen LogP contribution in [0.5, 0.6) is 5.75 Å². The molecule has 1 aromatic rings. The SMILES string of the molecule is CCOCCC(O)Cc1ncc(C)c(OC)c1C. The minimum absolute atomic E-state index is 0.421. The second-order valence-electron chi connectivity index (χ2n) is 4.39. The highest BCUT2D eigenvalue weighted by Gasteiger charge is 2.13. The third kappa shape index (κ3) is 3.96. The number of nitrogens with zero attached hydrogens (tertiary/aromatic N) is 1. The predicted molar refractivity (Wildman–Crippen MR) is 71.1 cm³/mol. The quantitative estimate of drug-likeness (QED) is 0.755. The van der Waals surface area contributed by atoms with Crippen LogP contribution in [0.25, 0.3) is 0 Å². The monoisotopic (exact) mass is 253 g/mol. The van der Waals surface area contributed by atoms with Crippen molar-refractivity contribution in [3.63, 3.8) is 0 Å². The highest BCUT2D eigenvalue weighted by Crippen LogP contribution is 2.24. The van der Waals surface area contributed by atoms with Gasteiger partial charge in [0, 0.05) is 42.7 Å². The molecule has 0 saturated heterocycles. The Labute approximate surface area is 109 Å². The lowest BCUT2D eigenvalue weighted by molar-refractivity contribution is 0.0881. The molecule has 0 fully saturated rings. The van der Waals surface area contributed by atoms with Crippen LogP contribution in [0.1, 0.15) is 30.2 Å². The average Bonchev–Trinajstić information content (AvgIpc) is 2.34. The van der Waals surface area contributed by atoms with Gasteiger partial charge in [-0.15, -0.1) is 0 Å². The lowest BCUT2D eigenvalue weighted by Crippen LogP contribution is -2.15. The molecule has 1 rings (SSSR count). The zero-order chi connectivity index (χ0) is 13.5. The molecule has 0 aliphatic rings. The van der Waals surface area contributed by atoms with Gasteiger partial charge in [0.25, 0.3) is 0 Å². The zero-order valence-electron chi connectivity index (χ0n) is 11.7. The van der Waals surface area contributed by atoms with E-state index >= 15 is 0 Å². The van der Waals surface area contributed by atoms with E-state index in [-0.39, 0.29) is 0 Å². The maximum absolute atomic E-state index is 9.93. The summed E-state index contributed by atoms with van der Waals surface area (Å²) in [7, 11) is 1.66. The Kier molecular flexibility index (Phi) is 6.09. The molecule has 102 valence electrons. The van der Waals surface area contributed by atoms with E-state index in [1.165, 1.54) is 0 Å². The van der Waals surface area contributed by atoms with E-state index < -0.39 is 6.10 Å². The van der Waals surface area contributed by atoms with Gasteiger partial charge in [-0.3, -0.25) is 4.98 Å². The Bertz CT molecular complexity index is 380. The summed E-state index contributed by atoms with van der Waals surface area (Å²) in [4.78, 5) is 4.37. The minimum Gasteiger partial charge on any atom is -0.496 e. The summed E-state index contributed by atoms with van der Waals surface area (Å²) < 4.78 is 10.6. The number of pyridine rings is 1. The first-order valence-electron chi connectivity index (χ1n) is 6.35. The Morgan fingerprint density at radius 3 is 2.72 bits per heavy atom. The topological polar surface area (TPSA) is 51.6 Å². The molecule has 18 heavy (non-hydrogen) atoms. The summed E-state index contributed by atoms with van der Waals surface area (Å²) in [6, 6.07) is 0. The van der Waals surface area contributed by atoms with E-state index in [0.29, 0.717) is 26.1 Å². The minimum atomic E-state index is -0.421.